The second kappa shape index (κ2) is 7.45. The molecule has 0 aliphatic heterocycles. The van der Waals surface area contributed by atoms with Gasteiger partial charge in [-0.1, -0.05) is 30.3 Å². The van der Waals surface area contributed by atoms with Crippen molar-refractivity contribution in [2.45, 2.75) is 0 Å². The SMILES string of the molecule is CN=C(N/C(=C(/C#N)C=O)c1ccccc1)c1ncccn1. The second-order valence-electron chi connectivity index (χ2n) is 4.15. The molecule has 1 N–H and O–H groups in total. The molecule has 0 amide bonds. The summed E-state index contributed by atoms with van der Waals surface area (Å²) < 4.78 is 0. The van der Waals surface area contributed by atoms with Crippen LogP contribution in [0.25, 0.3) is 5.70 Å². The van der Waals surface area contributed by atoms with E-state index in [9.17, 15) is 4.79 Å². The number of aromatic nitrogens is 2. The number of carbonyl (C=O) groups is 1. The lowest BCUT2D eigenvalue weighted by Crippen LogP contribution is -2.26. The van der Waals surface area contributed by atoms with Crippen LogP contribution in [0.4, 0.5) is 0 Å². The molecule has 0 saturated carbocycles. The Labute approximate surface area is 127 Å². The summed E-state index contributed by atoms with van der Waals surface area (Å²) in [5.74, 6) is 0.746. The van der Waals surface area contributed by atoms with Crippen molar-refractivity contribution in [3.63, 3.8) is 0 Å². The van der Waals surface area contributed by atoms with Gasteiger partial charge in [-0.15, -0.1) is 0 Å². The minimum Gasteiger partial charge on any atom is -0.336 e. The topological polar surface area (TPSA) is 91.0 Å². The Balaban J connectivity index is 2.47. The third kappa shape index (κ3) is 3.41. The molecular weight excluding hydrogens is 278 g/mol. The number of aliphatic imine (C=N–C) groups is 1. The summed E-state index contributed by atoms with van der Waals surface area (Å²) in [6.45, 7) is 0. The molecule has 6 heteroatoms. The van der Waals surface area contributed by atoms with Gasteiger partial charge >= 0.3 is 0 Å². The van der Waals surface area contributed by atoms with Crippen LogP contribution in [0.1, 0.15) is 11.4 Å². The third-order valence-corrected chi connectivity index (χ3v) is 2.81. The van der Waals surface area contributed by atoms with Crippen LogP contribution in [0.15, 0.2) is 59.4 Å². The Morgan fingerprint density at radius 1 is 1.23 bits per heavy atom. The molecule has 0 fully saturated rings. The number of allylic oxidation sites excluding steroid dienone is 1. The van der Waals surface area contributed by atoms with Crippen molar-refractivity contribution < 1.29 is 4.79 Å². The number of nitrogens with one attached hydrogen (secondary N) is 1. The first-order valence-electron chi connectivity index (χ1n) is 6.46. The summed E-state index contributed by atoms with van der Waals surface area (Å²) in [6, 6.07) is 12.7. The lowest BCUT2D eigenvalue weighted by molar-refractivity contribution is -0.104. The number of hydrogen-bond donors (Lipinski definition) is 1. The molecule has 0 aliphatic rings. The molecule has 2 rings (SSSR count). The van der Waals surface area contributed by atoms with E-state index in [1.54, 1.807) is 37.6 Å². The van der Waals surface area contributed by atoms with Crippen LogP contribution in [0, 0.1) is 11.3 Å². The number of nitrogens with zero attached hydrogens (tertiary/aromatic N) is 4. The van der Waals surface area contributed by atoms with Crippen molar-refractivity contribution in [3.05, 3.63) is 65.8 Å². The quantitative estimate of drug-likeness (QED) is 0.303. The summed E-state index contributed by atoms with van der Waals surface area (Å²) in [4.78, 5) is 23.5. The molecule has 0 saturated heterocycles. The average Bonchev–Trinajstić information content (AvgIpc) is 2.60. The first-order valence-corrected chi connectivity index (χ1v) is 6.46. The Morgan fingerprint density at radius 3 is 2.45 bits per heavy atom. The van der Waals surface area contributed by atoms with E-state index in [1.807, 2.05) is 24.3 Å². The van der Waals surface area contributed by atoms with Crippen molar-refractivity contribution in [1.29, 1.82) is 5.26 Å². The zero-order chi connectivity index (χ0) is 15.8. The van der Waals surface area contributed by atoms with E-state index in [0.29, 0.717) is 29.2 Å². The van der Waals surface area contributed by atoms with E-state index in [-0.39, 0.29) is 5.57 Å². The van der Waals surface area contributed by atoms with Gasteiger partial charge in [-0.2, -0.15) is 5.26 Å². The largest absolute Gasteiger partial charge is 0.336 e. The molecule has 0 unspecified atom stereocenters. The van der Waals surface area contributed by atoms with Crippen molar-refractivity contribution >= 4 is 17.8 Å². The maximum Gasteiger partial charge on any atom is 0.195 e. The molecule has 0 atom stereocenters. The molecule has 2 aromatic rings. The molecule has 1 aromatic carbocycles. The fourth-order valence-corrected chi connectivity index (χ4v) is 1.79. The van der Waals surface area contributed by atoms with Gasteiger partial charge in [-0.3, -0.25) is 9.79 Å². The van der Waals surface area contributed by atoms with Gasteiger partial charge in [-0.25, -0.2) is 9.97 Å². The van der Waals surface area contributed by atoms with Crippen molar-refractivity contribution in [2.75, 3.05) is 7.05 Å². The normalized spacial score (nSPS) is 12.1. The highest BCUT2D eigenvalue weighted by atomic mass is 16.1. The van der Waals surface area contributed by atoms with Crippen LogP contribution in [0.5, 0.6) is 0 Å². The maximum absolute atomic E-state index is 11.2. The van der Waals surface area contributed by atoms with Gasteiger partial charge in [0.15, 0.2) is 17.9 Å². The summed E-state index contributed by atoms with van der Waals surface area (Å²) in [5.41, 5.74) is 1.04. The van der Waals surface area contributed by atoms with Gasteiger partial charge in [0.25, 0.3) is 0 Å². The molecule has 0 bridgehead atoms. The zero-order valence-corrected chi connectivity index (χ0v) is 11.9. The lowest BCUT2D eigenvalue weighted by Gasteiger charge is -2.13. The molecule has 1 heterocycles. The van der Waals surface area contributed by atoms with Gasteiger partial charge < -0.3 is 5.32 Å². The monoisotopic (exact) mass is 291 g/mol. The molecular formula is C16H13N5O. The predicted molar refractivity (Wildman–Crippen MR) is 82.7 cm³/mol. The van der Waals surface area contributed by atoms with Crippen molar-refractivity contribution in [1.82, 2.24) is 15.3 Å². The number of amidine groups is 1. The average molecular weight is 291 g/mol. The van der Waals surface area contributed by atoms with E-state index in [4.69, 9.17) is 5.26 Å². The first kappa shape index (κ1) is 15.1. The van der Waals surface area contributed by atoms with Crippen LogP contribution in [-0.4, -0.2) is 29.1 Å². The van der Waals surface area contributed by atoms with Crippen LogP contribution >= 0.6 is 0 Å². The van der Waals surface area contributed by atoms with Crippen molar-refractivity contribution in [2.24, 2.45) is 4.99 Å². The van der Waals surface area contributed by atoms with Crippen LogP contribution in [0.2, 0.25) is 0 Å². The third-order valence-electron chi connectivity index (χ3n) is 2.81. The summed E-state index contributed by atoms with van der Waals surface area (Å²) >= 11 is 0. The smallest absolute Gasteiger partial charge is 0.195 e. The molecule has 108 valence electrons. The van der Waals surface area contributed by atoms with Crippen LogP contribution < -0.4 is 5.32 Å². The van der Waals surface area contributed by atoms with E-state index in [1.165, 1.54) is 0 Å². The molecule has 1 aromatic heterocycles. The Hall–Kier alpha value is -3.33. The summed E-state index contributed by atoms with van der Waals surface area (Å²) in [5, 5.41) is 12.2. The number of benzene rings is 1. The fraction of sp³-hybridized carbons (Fsp3) is 0.0625. The van der Waals surface area contributed by atoms with Crippen molar-refractivity contribution in [3.8, 4) is 6.07 Å². The van der Waals surface area contributed by atoms with E-state index < -0.39 is 0 Å². The fourth-order valence-electron chi connectivity index (χ4n) is 1.79. The number of aldehydes is 1. The van der Waals surface area contributed by atoms with E-state index in [2.05, 4.69) is 20.3 Å². The highest BCUT2D eigenvalue weighted by Crippen LogP contribution is 2.15. The number of nitriles is 1. The molecule has 6 nitrogen and oxygen atoms in total. The van der Waals surface area contributed by atoms with Gasteiger partial charge in [0, 0.05) is 19.4 Å². The first-order chi connectivity index (χ1) is 10.8. The number of hydrogen-bond acceptors (Lipinski definition) is 5. The van der Waals surface area contributed by atoms with Gasteiger partial charge in [0.1, 0.15) is 11.6 Å². The second-order valence-corrected chi connectivity index (χ2v) is 4.15. The minimum atomic E-state index is -0.0247. The van der Waals surface area contributed by atoms with Gasteiger partial charge in [0.05, 0.1) is 5.70 Å². The Bertz CT molecular complexity index is 745. The standard InChI is InChI=1S/C16H13N5O/c1-18-15(16-19-8-5-9-20-16)21-14(13(10-17)11-22)12-6-3-2-4-7-12/h2-9,11H,1H3,(H,18,21)/b14-13-. The Morgan fingerprint density at radius 2 is 1.91 bits per heavy atom. The minimum absolute atomic E-state index is 0.0247. The highest BCUT2D eigenvalue weighted by molar-refractivity contribution is 6.04. The summed E-state index contributed by atoms with van der Waals surface area (Å²) in [6.07, 6.45) is 3.69. The van der Waals surface area contributed by atoms with E-state index >= 15 is 0 Å². The predicted octanol–water partition coefficient (Wildman–Crippen LogP) is 1.58. The van der Waals surface area contributed by atoms with E-state index in [0.717, 1.165) is 0 Å². The zero-order valence-electron chi connectivity index (χ0n) is 11.9. The molecule has 0 aliphatic carbocycles. The van der Waals surface area contributed by atoms with Gasteiger partial charge in [0.2, 0.25) is 0 Å². The van der Waals surface area contributed by atoms with Gasteiger partial charge in [-0.05, 0) is 11.6 Å². The highest BCUT2D eigenvalue weighted by Gasteiger charge is 2.13. The molecule has 0 spiro atoms. The Kier molecular flexibility index (Phi) is 5.10. The lowest BCUT2D eigenvalue weighted by atomic mass is 10.1. The van der Waals surface area contributed by atoms with Crippen LogP contribution in [0.3, 0.4) is 0 Å². The van der Waals surface area contributed by atoms with Crippen LogP contribution in [-0.2, 0) is 4.79 Å². The maximum atomic E-state index is 11.2. The molecule has 22 heavy (non-hydrogen) atoms. The number of carbonyl (C=O) groups excluding carboxylic acids is 1. The number of rotatable bonds is 4. The summed E-state index contributed by atoms with van der Waals surface area (Å²) in [7, 11) is 1.58. The molecule has 0 radical (unpaired) electrons.